The zero-order valence-electron chi connectivity index (χ0n) is 12.3. The molecule has 0 saturated heterocycles. The molecule has 0 heterocycles. The normalized spacial score (nSPS) is 14.6. The molecule has 2 aromatic rings. The zero-order valence-corrected chi connectivity index (χ0v) is 25.0. The van der Waals surface area contributed by atoms with Crippen LogP contribution in [0, 0.1) is 13.8 Å². The minimum Gasteiger partial charge on any atom is -0.0713 e. The summed E-state index contributed by atoms with van der Waals surface area (Å²) in [6.45, 7) is 4.13. The fraction of sp³-hybridized carbons (Fsp3) is 0.250. The number of aryl methyl sites for hydroxylation is 1. The van der Waals surface area contributed by atoms with Crippen molar-refractivity contribution < 1.29 is 0 Å². The van der Waals surface area contributed by atoms with Crippen LogP contribution in [0.5, 0.6) is 0 Å². The Morgan fingerprint density at radius 3 is 1.46 bits per heavy atom. The van der Waals surface area contributed by atoms with Crippen molar-refractivity contribution in [3.63, 3.8) is 0 Å². The van der Waals surface area contributed by atoms with E-state index in [-0.39, 0.29) is 0 Å². The number of hydrogen-bond acceptors (Lipinski definition) is 0. The van der Waals surface area contributed by atoms with Crippen LogP contribution in [-0.2, 0) is 4.32 Å². The Hall–Kier alpha value is 2.28. The summed E-state index contributed by atoms with van der Waals surface area (Å²) < 4.78 is 2.68. The van der Waals surface area contributed by atoms with Gasteiger partial charge in [0, 0.05) is 23.5 Å². The Morgan fingerprint density at radius 2 is 1.08 bits per heavy atom. The maximum Gasteiger partial charge on any atom is 0.158 e. The van der Waals surface area contributed by atoms with Gasteiger partial charge in [-0.15, -0.1) is 0 Å². The first-order valence-corrected chi connectivity index (χ1v) is 12.9. The maximum atomic E-state index is 4.00. The highest BCUT2D eigenvalue weighted by atomic mass is 80.0. The molecule has 0 nitrogen and oxygen atoms in total. The van der Waals surface area contributed by atoms with Crippen LogP contribution in [0.15, 0.2) is 42.2 Å². The molecule has 0 aliphatic heterocycles. The van der Waals surface area contributed by atoms with Gasteiger partial charge in [-0.05, 0) is 88.7 Å². The van der Waals surface area contributed by atoms with Crippen molar-refractivity contribution in [1.82, 2.24) is 0 Å². The second kappa shape index (κ2) is 8.34. The number of alkyl halides is 4. The van der Waals surface area contributed by atoms with Crippen molar-refractivity contribution in [3.8, 4) is 0 Å². The average Bonchev–Trinajstić information content (AvgIpc) is 2.50. The van der Waals surface area contributed by atoms with Crippen LogP contribution in [0.1, 0.15) is 22.3 Å². The second-order valence-corrected chi connectivity index (χ2v) is 16.4. The summed E-state index contributed by atoms with van der Waals surface area (Å²) in [5, 5.41) is 0. The molecular weight excluding hydrogens is 831 g/mol. The van der Waals surface area contributed by atoms with E-state index in [1.54, 1.807) is 0 Å². The van der Waals surface area contributed by atoms with Gasteiger partial charge in [0.25, 0.3) is 0 Å². The molecule has 1 unspecified atom stereocenters. The van der Waals surface area contributed by atoms with E-state index in [4.69, 9.17) is 0 Å². The molecule has 2 rings (SSSR count). The van der Waals surface area contributed by atoms with Gasteiger partial charge >= 0.3 is 0 Å². The van der Waals surface area contributed by atoms with E-state index in [9.17, 15) is 0 Å². The first-order valence-electron chi connectivity index (χ1n) is 6.58. The van der Waals surface area contributed by atoms with Crippen molar-refractivity contribution in [2.75, 3.05) is 0 Å². The third-order valence-electron chi connectivity index (χ3n) is 3.67. The molecule has 0 radical (unpaired) electrons. The lowest BCUT2D eigenvalue weighted by atomic mass is 9.91. The molecule has 24 heavy (non-hydrogen) atoms. The molecule has 0 aromatic heterocycles. The van der Waals surface area contributed by atoms with Crippen molar-refractivity contribution in [2.24, 2.45) is 0 Å². The van der Waals surface area contributed by atoms with Crippen LogP contribution < -0.4 is 0 Å². The first-order chi connectivity index (χ1) is 10.9. The standard InChI is InChI=1S/C16H10Br8/c1-7-3-5-9(6-4-7)15(21,16(22,23)24)10-13(19)11(17)8(2)12(18)14(10)20/h3-6H,1-2H3. The van der Waals surface area contributed by atoms with Crippen LogP contribution in [0.25, 0.3) is 0 Å². The number of rotatable bonds is 2. The summed E-state index contributed by atoms with van der Waals surface area (Å²) in [6.07, 6.45) is 0. The molecule has 0 N–H and O–H groups in total. The monoisotopic (exact) mass is 833 g/mol. The summed E-state index contributed by atoms with van der Waals surface area (Å²) in [4.78, 5) is 0. The Bertz CT molecular complexity index is 747. The van der Waals surface area contributed by atoms with Crippen LogP contribution in [0.3, 0.4) is 0 Å². The van der Waals surface area contributed by atoms with E-state index >= 15 is 0 Å². The molecule has 0 saturated carbocycles. The van der Waals surface area contributed by atoms with Gasteiger partial charge in [-0.1, -0.05) is 93.5 Å². The molecule has 0 bridgehead atoms. The van der Waals surface area contributed by atoms with Crippen molar-refractivity contribution in [3.05, 3.63) is 64.4 Å². The van der Waals surface area contributed by atoms with E-state index in [1.165, 1.54) is 5.56 Å². The van der Waals surface area contributed by atoms with Crippen LogP contribution in [0.2, 0.25) is 0 Å². The molecule has 0 aliphatic carbocycles. The van der Waals surface area contributed by atoms with Gasteiger partial charge in [0.2, 0.25) is 0 Å². The Kier molecular flexibility index (Phi) is 7.84. The number of benzene rings is 2. The quantitative estimate of drug-likeness (QED) is 0.209. The molecule has 8 heteroatoms. The van der Waals surface area contributed by atoms with Crippen LogP contribution in [-0.4, -0.2) is 2.14 Å². The maximum absolute atomic E-state index is 4.00. The Labute approximate surface area is 209 Å². The van der Waals surface area contributed by atoms with E-state index in [0.29, 0.717) is 0 Å². The third kappa shape index (κ3) is 4.01. The van der Waals surface area contributed by atoms with Crippen LogP contribution >= 0.6 is 127 Å². The van der Waals surface area contributed by atoms with Gasteiger partial charge in [-0.2, -0.15) is 0 Å². The summed E-state index contributed by atoms with van der Waals surface area (Å²) in [5.74, 6) is 0. The number of halogens is 8. The SMILES string of the molecule is Cc1ccc(C(Br)(c2c(Br)c(Br)c(C)c(Br)c2Br)C(Br)(Br)Br)cc1. The van der Waals surface area contributed by atoms with Gasteiger partial charge in [0.15, 0.2) is 2.14 Å². The Balaban J connectivity index is 2.93. The van der Waals surface area contributed by atoms with Crippen molar-refractivity contribution in [2.45, 2.75) is 20.3 Å². The number of hydrogen-bond donors (Lipinski definition) is 0. The highest BCUT2D eigenvalue weighted by Crippen LogP contribution is 2.62. The van der Waals surface area contributed by atoms with E-state index in [2.05, 4.69) is 166 Å². The summed E-state index contributed by atoms with van der Waals surface area (Å²) >= 11 is 30.1. The predicted octanol–water partition coefficient (Wildman–Crippen LogP) is 9.83. The zero-order chi connectivity index (χ0) is 18.4. The van der Waals surface area contributed by atoms with Gasteiger partial charge in [0.1, 0.15) is 4.32 Å². The summed E-state index contributed by atoms with van der Waals surface area (Å²) in [6, 6.07) is 8.43. The molecule has 0 aliphatic rings. The highest BCUT2D eigenvalue weighted by Gasteiger charge is 2.50. The highest BCUT2D eigenvalue weighted by molar-refractivity contribution is 9.40. The Morgan fingerprint density at radius 1 is 0.667 bits per heavy atom. The summed E-state index contributed by atoms with van der Waals surface area (Å²) in [7, 11) is 0. The third-order valence-corrected chi connectivity index (χ3v) is 13.1. The van der Waals surface area contributed by atoms with Gasteiger partial charge < -0.3 is 0 Å². The minimum atomic E-state index is -0.631. The molecule has 0 fully saturated rings. The smallest absolute Gasteiger partial charge is 0.0713 e. The fourth-order valence-corrected chi connectivity index (χ4v) is 7.66. The van der Waals surface area contributed by atoms with Gasteiger partial charge in [-0.3, -0.25) is 0 Å². The molecule has 0 spiro atoms. The van der Waals surface area contributed by atoms with E-state index in [0.717, 1.165) is 34.6 Å². The second-order valence-electron chi connectivity index (χ2n) is 5.28. The lowest BCUT2D eigenvalue weighted by Gasteiger charge is -2.38. The molecule has 1 atom stereocenters. The lowest BCUT2D eigenvalue weighted by molar-refractivity contribution is 0.817. The first kappa shape index (κ1) is 22.6. The lowest BCUT2D eigenvalue weighted by Crippen LogP contribution is -2.35. The largest absolute Gasteiger partial charge is 0.158 e. The van der Waals surface area contributed by atoms with Gasteiger partial charge in [-0.25, -0.2) is 0 Å². The van der Waals surface area contributed by atoms with Crippen molar-refractivity contribution >= 4 is 127 Å². The molecular formula is C16H10Br8. The molecule has 130 valence electrons. The molecule has 0 amide bonds. The predicted molar refractivity (Wildman–Crippen MR) is 132 cm³/mol. The van der Waals surface area contributed by atoms with E-state index in [1.807, 2.05) is 0 Å². The topological polar surface area (TPSA) is 0 Å². The molecule has 2 aromatic carbocycles. The average molecular weight is 841 g/mol. The van der Waals surface area contributed by atoms with Gasteiger partial charge in [0.05, 0.1) is 0 Å². The van der Waals surface area contributed by atoms with E-state index < -0.39 is 6.47 Å². The van der Waals surface area contributed by atoms with Crippen LogP contribution in [0.4, 0.5) is 0 Å². The van der Waals surface area contributed by atoms with Crippen molar-refractivity contribution in [1.29, 1.82) is 0 Å². The summed E-state index contributed by atoms with van der Waals surface area (Å²) in [5.41, 5.74) is 4.44. The fourth-order valence-electron chi connectivity index (χ4n) is 2.28. The minimum absolute atomic E-state index is 0.621.